The fourth-order valence-corrected chi connectivity index (χ4v) is 5.13. The van der Waals surface area contributed by atoms with Crippen LogP contribution < -0.4 is 15.4 Å². The van der Waals surface area contributed by atoms with Gasteiger partial charge in [-0.2, -0.15) is 0 Å². The Kier molecular flexibility index (Phi) is 6.94. The molecule has 2 aromatic carbocycles. The monoisotopic (exact) mass is 548 g/mol. The fraction of sp³-hybridized carbons (Fsp3) is 0.156. The van der Waals surface area contributed by atoms with Gasteiger partial charge in [-0.3, -0.25) is 14.8 Å². The number of carbonyl (C=O) groups excluding carboxylic acids is 1. The third-order valence-electron chi connectivity index (χ3n) is 6.94. The highest BCUT2D eigenvalue weighted by Gasteiger charge is 2.19. The third-order valence-corrected chi connectivity index (χ3v) is 6.94. The molecule has 9 heteroatoms. The Hall–Kier alpha value is -5.02. The fourth-order valence-electron chi connectivity index (χ4n) is 5.13. The van der Waals surface area contributed by atoms with Crippen LogP contribution in [0.15, 0.2) is 79.3 Å². The van der Waals surface area contributed by atoms with E-state index in [1.54, 1.807) is 24.7 Å². The minimum Gasteiger partial charge on any atom is -0.497 e. The molecule has 8 nitrogen and oxygen atoms in total. The number of nitrogens with one attached hydrogen (secondary N) is 3. The first kappa shape index (κ1) is 26.2. The molecule has 0 unspecified atom stereocenters. The molecule has 0 fully saturated rings. The molecule has 1 aliphatic heterocycles. The van der Waals surface area contributed by atoms with Gasteiger partial charge in [0, 0.05) is 69.6 Å². The lowest BCUT2D eigenvalue weighted by Crippen LogP contribution is -2.27. The summed E-state index contributed by atoms with van der Waals surface area (Å²) in [5.41, 5.74) is 8.74. The van der Waals surface area contributed by atoms with Gasteiger partial charge in [-0.25, -0.2) is 4.39 Å². The lowest BCUT2D eigenvalue weighted by Gasteiger charge is -2.20. The Balaban J connectivity index is 1.37. The van der Waals surface area contributed by atoms with Crippen molar-refractivity contribution < 1.29 is 13.9 Å². The molecule has 206 valence electrons. The van der Waals surface area contributed by atoms with Crippen molar-refractivity contribution in [2.24, 2.45) is 0 Å². The average molecular weight is 549 g/mol. The summed E-state index contributed by atoms with van der Waals surface area (Å²) in [6, 6.07) is 16.7. The van der Waals surface area contributed by atoms with E-state index in [4.69, 9.17) is 4.74 Å². The SMILES string of the molecule is COc1cc(F)cc(-c2nccc3[nH]c(C4=CCNc5ccc(-c6cncc(NC(=O)CN(C)C)c6)cc54)cc23)c1. The summed E-state index contributed by atoms with van der Waals surface area (Å²) in [6.45, 7) is 0.968. The number of hydrogen-bond donors (Lipinski definition) is 3. The van der Waals surface area contributed by atoms with Gasteiger partial charge in [0.2, 0.25) is 5.91 Å². The summed E-state index contributed by atoms with van der Waals surface area (Å²) in [6.07, 6.45) is 7.30. The van der Waals surface area contributed by atoms with Gasteiger partial charge in [0.05, 0.1) is 31.2 Å². The smallest absolute Gasteiger partial charge is 0.238 e. The van der Waals surface area contributed by atoms with Gasteiger partial charge in [-0.05, 0) is 62.1 Å². The zero-order chi connectivity index (χ0) is 28.5. The predicted octanol–water partition coefficient (Wildman–Crippen LogP) is 5.80. The summed E-state index contributed by atoms with van der Waals surface area (Å²) in [7, 11) is 5.22. The van der Waals surface area contributed by atoms with Crippen LogP contribution >= 0.6 is 0 Å². The van der Waals surface area contributed by atoms with Crippen LogP contribution in [0.5, 0.6) is 5.75 Å². The topological polar surface area (TPSA) is 95.2 Å². The van der Waals surface area contributed by atoms with Crippen molar-refractivity contribution >= 4 is 33.8 Å². The minimum absolute atomic E-state index is 0.0989. The van der Waals surface area contributed by atoms with Crippen molar-refractivity contribution in [3.63, 3.8) is 0 Å². The normalized spacial score (nSPS) is 12.6. The predicted molar refractivity (Wildman–Crippen MR) is 160 cm³/mol. The van der Waals surface area contributed by atoms with E-state index in [1.165, 1.54) is 19.2 Å². The molecule has 1 aliphatic rings. The first-order chi connectivity index (χ1) is 19.9. The third kappa shape index (κ3) is 5.39. The Morgan fingerprint density at radius 2 is 1.93 bits per heavy atom. The molecule has 0 atom stereocenters. The largest absolute Gasteiger partial charge is 0.497 e. The number of methoxy groups -OCH3 is 1. The number of amides is 1. The number of likely N-dealkylation sites (N-methyl/N-ethyl adjacent to an activating group) is 1. The van der Waals surface area contributed by atoms with E-state index in [0.29, 0.717) is 29.2 Å². The number of benzene rings is 2. The van der Waals surface area contributed by atoms with Crippen LogP contribution in [0.3, 0.4) is 0 Å². The van der Waals surface area contributed by atoms with Crippen LogP contribution in [-0.2, 0) is 4.79 Å². The Morgan fingerprint density at radius 3 is 2.76 bits per heavy atom. The number of carbonyl (C=O) groups is 1. The quantitative estimate of drug-likeness (QED) is 0.238. The summed E-state index contributed by atoms with van der Waals surface area (Å²) in [5.74, 6) is -0.0432. The van der Waals surface area contributed by atoms with Crippen LogP contribution in [-0.4, -0.2) is 60.1 Å². The van der Waals surface area contributed by atoms with Crippen molar-refractivity contribution in [3.8, 4) is 28.1 Å². The van der Waals surface area contributed by atoms with Crippen molar-refractivity contribution in [2.75, 3.05) is 44.9 Å². The highest BCUT2D eigenvalue weighted by molar-refractivity contribution is 5.99. The van der Waals surface area contributed by atoms with Gasteiger partial charge in [-0.15, -0.1) is 0 Å². The summed E-state index contributed by atoms with van der Waals surface area (Å²) in [5, 5.41) is 7.25. The molecule has 4 heterocycles. The van der Waals surface area contributed by atoms with Crippen molar-refractivity contribution in [1.82, 2.24) is 19.9 Å². The Bertz CT molecular complexity index is 1810. The van der Waals surface area contributed by atoms with Gasteiger partial charge in [0.15, 0.2) is 0 Å². The highest BCUT2D eigenvalue weighted by Crippen LogP contribution is 2.38. The van der Waals surface area contributed by atoms with Crippen molar-refractivity contribution in [1.29, 1.82) is 0 Å². The number of pyridine rings is 2. The summed E-state index contributed by atoms with van der Waals surface area (Å²) in [4.78, 5) is 26.6. The summed E-state index contributed by atoms with van der Waals surface area (Å²) >= 11 is 0. The second-order valence-corrected chi connectivity index (χ2v) is 10.2. The van der Waals surface area contributed by atoms with E-state index in [2.05, 4.69) is 49.9 Å². The number of aromatic amines is 1. The van der Waals surface area contributed by atoms with E-state index >= 15 is 0 Å². The molecule has 3 N–H and O–H groups in total. The lowest BCUT2D eigenvalue weighted by atomic mass is 9.93. The maximum atomic E-state index is 14.3. The molecule has 0 bridgehead atoms. The average Bonchev–Trinajstić information content (AvgIpc) is 3.40. The minimum atomic E-state index is -0.382. The molecule has 0 saturated carbocycles. The van der Waals surface area contributed by atoms with E-state index in [1.807, 2.05) is 37.2 Å². The first-order valence-corrected chi connectivity index (χ1v) is 13.2. The number of H-pyrrole nitrogens is 1. The van der Waals surface area contributed by atoms with Crippen molar-refractivity contribution in [2.45, 2.75) is 0 Å². The zero-order valence-electron chi connectivity index (χ0n) is 23.0. The number of anilines is 2. The second kappa shape index (κ2) is 10.9. The van der Waals surface area contributed by atoms with E-state index in [-0.39, 0.29) is 18.3 Å². The molecular formula is C32H29FN6O2. The lowest BCUT2D eigenvalue weighted by molar-refractivity contribution is -0.116. The maximum absolute atomic E-state index is 14.3. The molecule has 0 aliphatic carbocycles. The molecule has 5 aromatic rings. The number of rotatable bonds is 7. The maximum Gasteiger partial charge on any atom is 0.238 e. The van der Waals surface area contributed by atoms with Gasteiger partial charge in [0.25, 0.3) is 0 Å². The number of halogens is 1. The molecular weight excluding hydrogens is 519 g/mol. The molecule has 3 aromatic heterocycles. The number of aromatic nitrogens is 3. The zero-order valence-corrected chi connectivity index (χ0v) is 23.0. The van der Waals surface area contributed by atoms with Crippen LogP contribution in [0.4, 0.5) is 15.8 Å². The summed E-state index contributed by atoms with van der Waals surface area (Å²) < 4.78 is 19.6. The molecule has 41 heavy (non-hydrogen) atoms. The molecule has 0 spiro atoms. The molecule has 0 saturated heterocycles. The Morgan fingerprint density at radius 1 is 1.05 bits per heavy atom. The van der Waals surface area contributed by atoms with Crippen molar-refractivity contribution in [3.05, 3.63) is 96.3 Å². The van der Waals surface area contributed by atoms with Gasteiger partial charge < -0.3 is 25.3 Å². The van der Waals surface area contributed by atoms with Gasteiger partial charge >= 0.3 is 0 Å². The number of ether oxygens (including phenoxy) is 1. The highest BCUT2D eigenvalue weighted by atomic mass is 19.1. The van der Waals surface area contributed by atoms with Crippen LogP contribution in [0.2, 0.25) is 0 Å². The number of nitrogens with zero attached hydrogens (tertiary/aromatic N) is 3. The standard InChI is InChI=1S/C32H29FN6O2/c1-39(2)18-31(40)37-23-11-21(16-34-17-23)19-4-5-28-26(13-19)25(6-8-35-28)30-15-27-29(38-30)7-9-36-32(27)20-10-22(33)14-24(12-20)41-3/h4-7,9-17,35,38H,8,18H2,1-3H3,(H,37,40). The molecule has 0 radical (unpaired) electrons. The Labute approximate surface area is 236 Å². The van der Waals surface area contributed by atoms with Crippen LogP contribution in [0.1, 0.15) is 11.3 Å². The van der Waals surface area contributed by atoms with E-state index < -0.39 is 0 Å². The van der Waals surface area contributed by atoms with Gasteiger partial charge in [-0.1, -0.05) is 12.1 Å². The number of fused-ring (bicyclic) bond motifs is 2. The van der Waals surface area contributed by atoms with Crippen LogP contribution in [0.25, 0.3) is 38.9 Å². The first-order valence-electron chi connectivity index (χ1n) is 13.2. The van der Waals surface area contributed by atoms with E-state index in [9.17, 15) is 9.18 Å². The van der Waals surface area contributed by atoms with Crippen LogP contribution in [0, 0.1) is 5.82 Å². The second-order valence-electron chi connectivity index (χ2n) is 10.2. The molecule has 1 amide bonds. The molecule has 6 rings (SSSR count). The van der Waals surface area contributed by atoms with Gasteiger partial charge in [0.1, 0.15) is 11.6 Å². The van der Waals surface area contributed by atoms with E-state index in [0.717, 1.165) is 44.5 Å². The number of hydrogen-bond acceptors (Lipinski definition) is 6.